The highest BCUT2D eigenvalue weighted by atomic mass is 32.2. The number of ether oxygens (including phenoxy) is 1. The van der Waals surface area contributed by atoms with Crippen LogP contribution in [0.5, 0.6) is 5.75 Å². The van der Waals surface area contributed by atoms with E-state index in [1.165, 1.54) is 6.20 Å². The first-order chi connectivity index (χ1) is 10.4. The van der Waals surface area contributed by atoms with E-state index in [0.29, 0.717) is 22.4 Å². The number of fused-ring (bicyclic) bond motifs is 1. The fraction of sp³-hybridized carbons (Fsp3) is 0.200. The number of hydrogen-bond donors (Lipinski definition) is 0. The molecule has 1 aromatic heterocycles. The predicted molar refractivity (Wildman–Crippen MR) is 81.8 cm³/mol. The molecule has 1 aliphatic rings. The Kier molecular flexibility index (Phi) is 3.58. The molecule has 1 aliphatic heterocycles. The van der Waals surface area contributed by atoms with E-state index >= 15 is 0 Å². The summed E-state index contributed by atoms with van der Waals surface area (Å²) in [6.07, 6.45) is 9.31. The van der Waals surface area contributed by atoms with Crippen molar-refractivity contribution in [3.8, 4) is 5.75 Å². The van der Waals surface area contributed by atoms with E-state index in [9.17, 15) is 8.42 Å². The maximum absolute atomic E-state index is 11.5. The van der Waals surface area contributed by atoms with Crippen LogP contribution in [0.15, 0.2) is 47.5 Å². The molecule has 22 heavy (non-hydrogen) atoms. The normalized spacial score (nSPS) is 15.0. The Labute approximate surface area is 128 Å². The quantitative estimate of drug-likeness (QED) is 0.800. The van der Waals surface area contributed by atoms with Crippen molar-refractivity contribution in [2.24, 2.45) is 0 Å². The van der Waals surface area contributed by atoms with E-state index in [-0.39, 0.29) is 5.16 Å². The molecule has 0 saturated carbocycles. The highest BCUT2D eigenvalue weighted by molar-refractivity contribution is 7.90. The van der Waals surface area contributed by atoms with Crippen LogP contribution < -0.4 is 4.74 Å². The Hall–Kier alpha value is -2.41. The van der Waals surface area contributed by atoms with Gasteiger partial charge in [-0.25, -0.2) is 18.4 Å². The van der Waals surface area contributed by atoms with Gasteiger partial charge < -0.3 is 9.64 Å². The van der Waals surface area contributed by atoms with Gasteiger partial charge in [0.05, 0.1) is 11.7 Å². The van der Waals surface area contributed by atoms with Crippen LogP contribution in [-0.2, 0) is 9.84 Å². The summed E-state index contributed by atoms with van der Waals surface area (Å²) >= 11 is 0. The van der Waals surface area contributed by atoms with Crippen molar-refractivity contribution in [1.29, 1.82) is 0 Å². The van der Waals surface area contributed by atoms with E-state index in [4.69, 9.17) is 4.74 Å². The Morgan fingerprint density at radius 3 is 2.86 bits per heavy atom. The number of hydrogen-bond acceptors (Lipinski definition) is 6. The SMILES string of the molecule is CN1[C]=CC(Oc2ccc3nc(S(C)(=O)=O)ncc3c2)=CC1. The van der Waals surface area contributed by atoms with Crippen molar-refractivity contribution in [3.05, 3.63) is 48.5 Å². The largest absolute Gasteiger partial charge is 0.458 e. The maximum atomic E-state index is 11.5. The lowest BCUT2D eigenvalue weighted by Crippen LogP contribution is -2.15. The highest BCUT2D eigenvalue weighted by Gasteiger charge is 2.12. The van der Waals surface area contributed by atoms with Crippen LogP contribution in [0.25, 0.3) is 10.9 Å². The second kappa shape index (κ2) is 5.42. The Morgan fingerprint density at radius 1 is 1.36 bits per heavy atom. The van der Waals surface area contributed by atoms with Crippen molar-refractivity contribution < 1.29 is 13.2 Å². The molecule has 2 aromatic rings. The van der Waals surface area contributed by atoms with E-state index in [1.807, 2.05) is 18.0 Å². The molecular formula is C15H14N3O3S. The number of nitrogens with zero attached hydrogens (tertiary/aromatic N) is 3. The van der Waals surface area contributed by atoms with Crippen molar-refractivity contribution >= 4 is 20.7 Å². The predicted octanol–water partition coefficient (Wildman–Crippen LogP) is 1.56. The van der Waals surface area contributed by atoms with Gasteiger partial charge >= 0.3 is 0 Å². The Morgan fingerprint density at radius 2 is 2.18 bits per heavy atom. The number of allylic oxidation sites excluding steroid dienone is 1. The number of aromatic nitrogens is 2. The van der Waals surface area contributed by atoms with Gasteiger partial charge in [0.15, 0.2) is 0 Å². The van der Waals surface area contributed by atoms with Gasteiger partial charge in [0.2, 0.25) is 15.0 Å². The van der Waals surface area contributed by atoms with Crippen LogP contribution in [0.2, 0.25) is 0 Å². The molecule has 113 valence electrons. The van der Waals surface area contributed by atoms with Gasteiger partial charge in [-0.15, -0.1) is 0 Å². The fourth-order valence-electron chi connectivity index (χ4n) is 1.96. The molecule has 0 spiro atoms. The number of sulfone groups is 1. The summed E-state index contributed by atoms with van der Waals surface area (Å²) in [6, 6.07) is 5.23. The average molecular weight is 316 g/mol. The summed E-state index contributed by atoms with van der Waals surface area (Å²) in [6.45, 7) is 0.736. The zero-order valence-corrected chi connectivity index (χ0v) is 13.0. The smallest absolute Gasteiger partial charge is 0.247 e. The van der Waals surface area contributed by atoms with Gasteiger partial charge in [-0.2, -0.15) is 0 Å². The summed E-state index contributed by atoms with van der Waals surface area (Å²) in [5.74, 6) is 1.35. The fourth-order valence-corrected chi connectivity index (χ4v) is 2.46. The third-order valence-corrected chi connectivity index (χ3v) is 3.95. The van der Waals surface area contributed by atoms with Crippen LogP contribution >= 0.6 is 0 Å². The van der Waals surface area contributed by atoms with Gasteiger partial charge in [0, 0.05) is 37.5 Å². The lowest BCUT2D eigenvalue weighted by Gasteiger charge is -2.16. The third kappa shape index (κ3) is 3.09. The van der Waals surface area contributed by atoms with Crippen LogP contribution in [-0.4, -0.2) is 43.1 Å². The molecular weight excluding hydrogens is 302 g/mol. The summed E-state index contributed by atoms with van der Waals surface area (Å²) in [4.78, 5) is 9.84. The minimum atomic E-state index is -3.41. The molecule has 0 bridgehead atoms. The molecule has 0 unspecified atom stereocenters. The zero-order valence-electron chi connectivity index (χ0n) is 12.1. The summed E-state index contributed by atoms with van der Waals surface area (Å²) in [5, 5.41) is 0.538. The summed E-state index contributed by atoms with van der Waals surface area (Å²) < 4.78 is 28.7. The average Bonchev–Trinajstić information content (AvgIpc) is 2.48. The number of likely N-dealkylation sites (N-methyl/N-ethyl adjacent to an activating group) is 1. The number of rotatable bonds is 3. The van der Waals surface area contributed by atoms with E-state index in [2.05, 4.69) is 16.2 Å². The molecule has 2 heterocycles. The molecule has 0 saturated heterocycles. The molecule has 0 fully saturated rings. The third-order valence-electron chi connectivity index (χ3n) is 3.09. The van der Waals surface area contributed by atoms with Gasteiger partial charge in [0.1, 0.15) is 11.5 Å². The minimum absolute atomic E-state index is 0.177. The molecule has 0 aliphatic carbocycles. The molecule has 1 radical (unpaired) electrons. The van der Waals surface area contributed by atoms with Crippen LogP contribution in [0.1, 0.15) is 0 Å². The van der Waals surface area contributed by atoms with Gasteiger partial charge in [0.25, 0.3) is 0 Å². The molecule has 0 N–H and O–H groups in total. The first kappa shape index (κ1) is 14.5. The van der Waals surface area contributed by atoms with Crippen LogP contribution in [0.4, 0.5) is 0 Å². The van der Waals surface area contributed by atoms with Gasteiger partial charge in [-0.3, -0.25) is 0 Å². The first-order valence-corrected chi connectivity index (χ1v) is 8.46. The second-order valence-electron chi connectivity index (χ2n) is 5.01. The van der Waals surface area contributed by atoms with Gasteiger partial charge in [-0.1, -0.05) is 0 Å². The van der Waals surface area contributed by atoms with E-state index in [0.717, 1.165) is 12.8 Å². The summed E-state index contributed by atoms with van der Waals surface area (Å²) in [5.41, 5.74) is 0.558. The molecule has 1 aromatic carbocycles. The van der Waals surface area contributed by atoms with Crippen molar-refractivity contribution in [3.63, 3.8) is 0 Å². The topological polar surface area (TPSA) is 72.4 Å². The molecule has 3 rings (SSSR count). The Balaban J connectivity index is 1.89. The van der Waals surface area contributed by atoms with Crippen molar-refractivity contribution in [1.82, 2.24) is 14.9 Å². The van der Waals surface area contributed by atoms with E-state index in [1.54, 1.807) is 24.3 Å². The number of benzene rings is 1. The zero-order chi connectivity index (χ0) is 15.7. The Bertz CT molecular complexity index is 888. The lowest BCUT2D eigenvalue weighted by atomic mass is 10.2. The van der Waals surface area contributed by atoms with Crippen LogP contribution in [0.3, 0.4) is 0 Å². The van der Waals surface area contributed by atoms with Crippen LogP contribution in [0, 0.1) is 6.20 Å². The van der Waals surface area contributed by atoms with Crippen molar-refractivity contribution in [2.45, 2.75) is 5.16 Å². The monoisotopic (exact) mass is 316 g/mol. The highest BCUT2D eigenvalue weighted by Crippen LogP contribution is 2.22. The van der Waals surface area contributed by atoms with Gasteiger partial charge in [-0.05, 0) is 24.3 Å². The second-order valence-corrected chi connectivity index (χ2v) is 6.92. The lowest BCUT2D eigenvalue weighted by molar-refractivity contribution is 0.408. The molecule has 0 amide bonds. The van der Waals surface area contributed by atoms with E-state index < -0.39 is 9.84 Å². The standard InChI is InChI=1S/C15H14N3O3S/c1-18-7-5-12(6-8-18)21-13-3-4-14-11(9-13)10-16-15(17-14)22(2,19)20/h3-6,9-10H,7H2,1-2H3. The minimum Gasteiger partial charge on any atom is -0.458 e. The summed E-state index contributed by atoms with van der Waals surface area (Å²) in [7, 11) is -1.49. The van der Waals surface area contributed by atoms with Crippen molar-refractivity contribution in [2.75, 3.05) is 19.8 Å². The molecule has 6 nitrogen and oxygen atoms in total. The molecule has 7 heteroatoms. The molecule has 0 atom stereocenters. The maximum Gasteiger partial charge on any atom is 0.247 e. The first-order valence-electron chi connectivity index (χ1n) is 6.57.